The maximum atomic E-state index is 13.3. The molecule has 1 aromatic rings. The van der Waals surface area contributed by atoms with Crippen LogP contribution in [0.5, 0.6) is 0 Å². The number of hydrogen-bond acceptors (Lipinski definition) is 2. The van der Waals surface area contributed by atoms with E-state index in [-0.39, 0.29) is 5.82 Å². The van der Waals surface area contributed by atoms with Crippen LogP contribution in [0.4, 0.5) is 4.39 Å². The fourth-order valence-electron chi connectivity index (χ4n) is 1.48. The highest BCUT2D eigenvalue weighted by Crippen LogP contribution is 2.19. The second kappa shape index (κ2) is 5.97. The number of halogens is 1. The fourth-order valence-corrected chi connectivity index (χ4v) is 1.48. The van der Waals surface area contributed by atoms with Gasteiger partial charge in [0, 0.05) is 18.2 Å². The van der Waals surface area contributed by atoms with Crippen LogP contribution in [0.2, 0.25) is 0 Å². The molecule has 16 heavy (non-hydrogen) atoms. The topological polar surface area (TPSA) is 23.5 Å². The van der Waals surface area contributed by atoms with Gasteiger partial charge in [0.15, 0.2) is 0 Å². The number of hydrogen-bond donors (Lipinski definition) is 1. The number of rotatable bonds is 5. The smallest absolute Gasteiger partial charge is 0.128 e. The summed E-state index contributed by atoms with van der Waals surface area (Å²) in [5, 5.41) is 9.87. The summed E-state index contributed by atoms with van der Waals surface area (Å²) in [5.74, 6) is -0.331. The first-order chi connectivity index (χ1) is 7.52. The molecule has 3 heteroatoms. The van der Waals surface area contributed by atoms with Gasteiger partial charge in [-0.15, -0.1) is 0 Å². The molecule has 0 aliphatic rings. The Labute approximate surface area is 96.7 Å². The van der Waals surface area contributed by atoms with Crippen molar-refractivity contribution in [3.05, 3.63) is 35.6 Å². The van der Waals surface area contributed by atoms with Gasteiger partial charge >= 0.3 is 0 Å². The van der Waals surface area contributed by atoms with Crippen LogP contribution in [-0.2, 0) is 0 Å². The summed E-state index contributed by atoms with van der Waals surface area (Å²) in [6.07, 6.45) is -0.169. The van der Waals surface area contributed by atoms with Gasteiger partial charge in [0.25, 0.3) is 0 Å². The highest BCUT2D eigenvalue weighted by atomic mass is 19.1. The van der Waals surface area contributed by atoms with Crippen molar-refractivity contribution in [2.45, 2.75) is 32.4 Å². The molecule has 1 N–H and O–H groups in total. The van der Waals surface area contributed by atoms with Crippen LogP contribution in [0.3, 0.4) is 0 Å². The van der Waals surface area contributed by atoms with Crippen molar-refractivity contribution >= 4 is 0 Å². The van der Waals surface area contributed by atoms with Crippen LogP contribution < -0.4 is 0 Å². The molecule has 0 radical (unpaired) electrons. The minimum Gasteiger partial charge on any atom is -0.388 e. The van der Waals surface area contributed by atoms with Crippen molar-refractivity contribution in [1.82, 2.24) is 4.90 Å². The predicted octanol–water partition coefficient (Wildman–Crippen LogP) is 2.59. The molecule has 2 nitrogen and oxygen atoms in total. The van der Waals surface area contributed by atoms with E-state index in [1.54, 1.807) is 18.2 Å². The molecule has 0 bridgehead atoms. The Kier molecular flexibility index (Phi) is 4.90. The Balaban J connectivity index is 2.53. The minimum atomic E-state index is -0.720. The third kappa shape index (κ3) is 3.58. The summed E-state index contributed by atoms with van der Waals surface area (Å²) >= 11 is 0. The van der Waals surface area contributed by atoms with Crippen molar-refractivity contribution in [2.24, 2.45) is 0 Å². The van der Waals surface area contributed by atoms with E-state index in [0.717, 1.165) is 6.54 Å². The molecule has 0 aliphatic heterocycles. The zero-order chi connectivity index (χ0) is 12.1. The molecular weight excluding hydrogens is 205 g/mol. The molecule has 0 saturated carbocycles. The van der Waals surface area contributed by atoms with Gasteiger partial charge in [0.2, 0.25) is 0 Å². The summed E-state index contributed by atoms with van der Waals surface area (Å²) in [5.41, 5.74) is 0.389. The fraction of sp³-hybridized carbons (Fsp3) is 0.538. The van der Waals surface area contributed by atoms with Gasteiger partial charge in [0.1, 0.15) is 5.82 Å². The summed E-state index contributed by atoms with van der Waals surface area (Å²) in [6.45, 7) is 4.94. The molecular formula is C13H20FNO. The number of benzene rings is 1. The summed E-state index contributed by atoms with van der Waals surface area (Å²) in [7, 11) is 2.00. The molecule has 0 heterocycles. The molecule has 0 saturated heterocycles. The van der Waals surface area contributed by atoms with Crippen LogP contribution in [0, 0.1) is 5.82 Å². The summed E-state index contributed by atoms with van der Waals surface area (Å²) in [6, 6.07) is 6.83. The van der Waals surface area contributed by atoms with E-state index in [2.05, 4.69) is 18.7 Å². The summed E-state index contributed by atoms with van der Waals surface area (Å²) in [4.78, 5) is 2.13. The summed E-state index contributed by atoms with van der Waals surface area (Å²) < 4.78 is 13.3. The highest BCUT2D eigenvalue weighted by Gasteiger charge is 2.13. The quantitative estimate of drug-likeness (QED) is 0.832. The first-order valence-corrected chi connectivity index (χ1v) is 5.65. The van der Waals surface area contributed by atoms with Crippen molar-refractivity contribution in [3.63, 3.8) is 0 Å². The molecule has 0 aromatic heterocycles. The van der Waals surface area contributed by atoms with E-state index in [9.17, 15) is 9.50 Å². The lowest BCUT2D eigenvalue weighted by Gasteiger charge is -2.22. The van der Waals surface area contributed by atoms with E-state index >= 15 is 0 Å². The van der Waals surface area contributed by atoms with Crippen LogP contribution in [0.15, 0.2) is 24.3 Å². The van der Waals surface area contributed by atoms with Crippen LogP contribution >= 0.6 is 0 Å². The molecule has 0 fully saturated rings. The van der Waals surface area contributed by atoms with E-state index in [1.807, 2.05) is 7.05 Å². The Morgan fingerprint density at radius 3 is 2.50 bits per heavy atom. The van der Waals surface area contributed by atoms with Crippen LogP contribution in [0.25, 0.3) is 0 Å². The van der Waals surface area contributed by atoms with E-state index in [0.29, 0.717) is 18.0 Å². The Morgan fingerprint density at radius 1 is 1.31 bits per heavy atom. The van der Waals surface area contributed by atoms with Gasteiger partial charge in [-0.2, -0.15) is 0 Å². The van der Waals surface area contributed by atoms with E-state index in [4.69, 9.17) is 0 Å². The first-order valence-electron chi connectivity index (χ1n) is 5.65. The zero-order valence-corrected chi connectivity index (χ0v) is 10.2. The van der Waals surface area contributed by atoms with Crippen molar-refractivity contribution < 1.29 is 9.50 Å². The number of nitrogens with zero attached hydrogens (tertiary/aromatic N) is 1. The SMILES string of the molecule is CC(C)N(C)CCC(O)c1ccccc1F. The average Bonchev–Trinajstić information content (AvgIpc) is 2.25. The van der Waals surface area contributed by atoms with E-state index in [1.165, 1.54) is 6.07 Å². The molecule has 0 aliphatic carbocycles. The normalized spacial score (nSPS) is 13.4. The average molecular weight is 225 g/mol. The number of aliphatic hydroxyl groups excluding tert-OH is 1. The predicted molar refractivity (Wildman–Crippen MR) is 63.7 cm³/mol. The molecule has 1 unspecified atom stereocenters. The molecule has 90 valence electrons. The Bertz CT molecular complexity index is 327. The van der Waals surface area contributed by atoms with Gasteiger partial charge < -0.3 is 10.0 Å². The second-order valence-electron chi connectivity index (χ2n) is 4.40. The van der Waals surface area contributed by atoms with Gasteiger partial charge in [0.05, 0.1) is 6.10 Å². The standard InChI is InChI=1S/C13H20FNO/c1-10(2)15(3)9-8-13(16)11-6-4-5-7-12(11)14/h4-7,10,13,16H,8-9H2,1-3H3. The molecule has 0 amide bonds. The second-order valence-corrected chi connectivity index (χ2v) is 4.40. The van der Waals surface area contributed by atoms with Crippen LogP contribution in [0.1, 0.15) is 31.9 Å². The molecule has 1 rings (SSSR count). The zero-order valence-electron chi connectivity index (χ0n) is 10.2. The maximum absolute atomic E-state index is 13.3. The molecule has 1 aromatic carbocycles. The third-order valence-corrected chi connectivity index (χ3v) is 2.90. The van der Waals surface area contributed by atoms with Gasteiger partial charge in [-0.05, 0) is 33.4 Å². The lowest BCUT2D eigenvalue weighted by molar-refractivity contribution is 0.138. The van der Waals surface area contributed by atoms with Crippen LogP contribution in [-0.4, -0.2) is 29.6 Å². The monoisotopic (exact) mass is 225 g/mol. The van der Waals surface area contributed by atoms with Crippen molar-refractivity contribution in [1.29, 1.82) is 0 Å². The number of aliphatic hydroxyl groups is 1. The highest BCUT2D eigenvalue weighted by molar-refractivity contribution is 5.19. The van der Waals surface area contributed by atoms with Crippen molar-refractivity contribution in [2.75, 3.05) is 13.6 Å². The largest absolute Gasteiger partial charge is 0.388 e. The molecule has 1 atom stereocenters. The van der Waals surface area contributed by atoms with E-state index < -0.39 is 6.10 Å². The molecule has 0 spiro atoms. The third-order valence-electron chi connectivity index (χ3n) is 2.90. The lowest BCUT2D eigenvalue weighted by atomic mass is 10.1. The van der Waals surface area contributed by atoms with Gasteiger partial charge in [-0.25, -0.2) is 4.39 Å². The minimum absolute atomic E-state index is 0.331. The maximum Gasteiger partial charge on any atom is 0.128 e. The lowest BCUT2D eigenvalue weighted by Crippen LogP contribution is -2.28. The Hall–Kier alpha value is -0.930. The van der Waals surface area contributed by atoms with Crippen molar-refractivity contribution in [3.8, 4) is 0 Å². The Morgan fingerprint density at radius 2 is 1.94 bits per heavy atom. The van der Waals surface area contributed by atoms with Gasteiger partial charge in [-0.3, -0.25) is 0 Å². The first kappa shape index (κ1) is 13.1. The van der Waals surface area contributed by atoms with Gasteiger partial charge in [-0.1, -0.05) is 18.2 Å².